The fourth-order valence-electron chi connectivity index (χ4n) is 4.17. The molecule has 8 nitrogen and oxygen atoms in total. The fraction of sp³-hybridized carbons (Fsp3) is 0.310. The van der Waals surface area contributed by atoms with Crippen molar-refractivity contribution in [2.45, 2.75) is 44.7 Å². The van der Waals surface area contributed by atoms with Gasteiger partial charge < -0.3 is 15.0 Å². The molecule has 1 N–H and O–H groups in total. The molecule has 11 heteroatoms. The van der Waals surface area contributed by atoms with Crippen LogP contribution in [0.3, 0.4) is 0 Å². The Morgan fingerprint density at radius 1 is 0.975 bits per heavy atom. The highest BCUT2D eigenvalue weighted by molar-refractivity contribution is 7.92. The Balaban J connectivity index is 2.09. The first kappa shape index (κ1) is 31.3. The summed E-state index contributed by atoms with van der Waals surface area (Å²) in [4.78, 5) is 28.4. The molecule has 0 unspecified atom stereocenters. The Morgan fingerprint density at radius 2 is 1.62 bits per heavy atom. The van der Waals surface area contributed by atoms with E-state index >= 15 is 0 Å². The number of ether oxygens (including phenoxy) is 1. The summed E-state index contributed by atoms with van der Waals surface area (Å²) in [5, 5.41) is 3.13. The number of methoxy groups -OCH3 is 1. The molecule has 0 aliphatic rings. The van der Waals surface area contributed by atoms with Gasteiger partial charge in [0, 0.05) is 18.1 Å². The van der Waals surface area contributed by atoms with Crippen LogP contribution in [0.5, 0.6) is 5.75 Å². The van der Waals surface area contributed by atoms with Gasteiger partial charge in [0.15, 0.2) is 0 Å². The molecule has 0 aliphatic heterocycles. The van der Waals surface area contributed by atoms with E-state index in [1.54, 1.807) is 57.4 Å². The number of rotatable bonds is 12. The smallest absolute Gasteiger partial charge is 0.264 e. The van der Waals surface area contributed by atoms with Crippen LogP contribution in [-0.4, -0.2) is 51.4 Å². The van der Waals surface area contributed by atoms with E-state index in [9.17, 15) is 18.0 Å². The number of carbonyl (C=O) groups excluding carboxylic acids is 2. The molecule has 2 amide bonds. The van der Waals surface area contributed by atoms with Crippen LogP contribution in [0.1, 0.15) is 31.4 Å². The quantitative estimate of drug-likeness (QED) is 0.296. The number of likely N-dealkylation sites (N-methyl/N-ethyl adjacent to an activating group) is 1. The van der Waals surface area contributed by atoms with Crippen molar-refractivity contribution in [3.8, 4) is 5.75 Å². The van der Waals surface area contributed by atoms with Gasteiger partial charge >= 0.3 is 0 Å². The Kier molecular flexibility index (Phi) is 10.8. The summed E-state index contributed by atoms with van der Waals surface area (Å²) in [6.45, 7) is 5.27. The molecule has 0 bridgehead atoms. The monoisotopic (exact) mass is 605 g/mol. The Hall–Kier alpha value is -3.27. The minimum absolute atomic E-state index is 0.0144. The van der Waals surface area contributed by atoms with Gasteiger partial charge in [0.25, 0.3) is 10.0 Å². The molecule has 40 heavy (non-hydrogen) atoms. The molecule has 3 aromatic rings. The average molecular weight is 607 g/mol. The summed E-state index contributed by atoms with van der Waals surface area (Å²) in [6, 6.07) is 16.9. The molecule has 0 saturated carbocycles. The summed E-state index contributed by atoms with van der Waals surface area (Å²) < 4.78 is 34.0. The SMILES string of the molecule is CCNC(=O)[C@H](CC)N(Cc1ccc(OC)cc1)C(=O)CN(c1cc(Cl)ccc1Cl)S(=O)(=O)c1ccc(C)cc1. The second-order valence-corrected chi connectivity index (χ2v) is 11.8. The lowest BCUT2D eigenvalue weighted by atomic mass is 10.1. The Bertz CT molecular complexity index is 1430. The van der Waals surface area contributed by atoms with Gasteiger partial charge in [0.2, 0.25) is 11.8 Å². The van der Waals surface area contributed by atoms with Gasteiger partial charge in [-0.05, 0) is 68.3 Å². The number of hydrogen-bond donors (Lipinski definition) is 1. The first-order chi connectivity index (χ1) is 19.0. The van der Waals surface area contributed by atoms with E-state index in [0.717, 1.165) is 15.4 Å². The predicted octanol–water partition coefficient (Wildman–Crippen LogP) is 5.45. The van der Waals surface area contributed by atoms with E-state index in [1.165, 1.54) is 35.2 Å². The van der Waals surface area contributed by atoms with Crippen molar-refractivity contribution in [2.75, 3.05) is 24.5 Å². The highest BCUT2D eigenvalue weighted by atomic mass is 35.5. The van der Waals surface area contributed by atoms with Crippen LogP contribution in [0.25, 0.3) is 0 Å². The van der Waals surface area contributed by atoms with Crippen molar-refractivity contribution in [2.24, 2.45) is 0 Å². The molecule has 0 heterocycles. The molecule has 0 saturated heterocycles. The third-order valence-corrected chi connectivity index (χ3v) is 8.64. The van der Waals surface area contributed by atoms with Gasteiger partial charge in [0.05, 0.1) is 22.7 Å². The zero-order valence-corrected chi connectivity index (χ0v) is 25.2. The van der Waals surface area contributed by atoms with Crippen molar-refractivity contribution in [3.63, 3.8) is 0 Å². The highest BCUT2D eigenvalue weighted by Gasteiger charge is 2.34. The summed E-state index contributed by atoms with van der Waals surface area (Å²) in [5.74, 6) is -0.274. The molecule has 214 valence electrons. The lowest BCUT2D eigenvalue weighted by Gasteiger charge is -2.33. The summed E-state index contributed by atoms with van der Waals surface area (Å²) >= 11 is 12.7. The molecular formula is C29H33Cl2N3O5S. The average Bonchev–Trinajstić information content (AvgIpc) is 2.93. The largest absolute Gasteiger partial charge is 0.497 e. The van der Waals surface area contributed by atoms with Crippen molar-refractivity contribution in [3.05, 3.63) is 87.9 Å². The van der Waals surface area contributed by atoms with Crippen LogP contribution in [0.4, 0.5) is 5.69 Å². The number of benzene rings is 3. The van der Waals surface area contributed by atoms with E-state index in [1.807, 2.05) is 6.92 Å². The van der Waals surface area contributed by atoms with Crippen LogP contribution in [0.2, 0.25) is 10.0 Å². The maximum absolute atomic E-state index is 14.0. The Morgan fingerprint density at radius 3 is 2.20 bits per heavy atom. The van der Waals surface area contributed by atoms with Crippen molar-refractivity contribution in [1.82, 2.24) is 10.2 Å². The minimum atomic E-state index is -4.26. The third kappa shape index (κ3) is 7.47. The standard InChI is InChI=1S/C29H33Cl2N3O5S/c1-5-26(29(36)32-6-2)33(18-21-9-12-23(39-4)13-10-21)28(35)19-34(27-17-22(30)11-16-25(27)31)40(37,38)24-14-7-20(3)8-15-24/h7-17,26H,5-6,18-19H2,1-4H3,(H,32,36)/t26-/m0/s1. The van der Waals surface area contributed by atoms with Gasteiger partial charge in [0.1, 0.15) is 18.3 Å². The molecular weight excluding hydrogens is 573 g/mol. The molecule has 0 aromatic heterocycles. The van der Waals surface area contributed by atoms with Gasteiger partial charge in [-0.3, -0.25) is 13.9 Å². The summed E-state index contributed by atoms with van der Waals surface area (Å²) in [5.41, 5.74) is 1.67. The van der Waals surface area contributed by atoms with E-state index in [-0.39, 0.29) is 33.1 Å². The highest BCUT2D eigenvalue weighted by Crippen LogP contribution is 2.33. The topological polar surface area (TPSA) is 96.0 Å². The first-order valence-corrected chi connectivity index (χ1v) is 15.0. The van der Waals surface area contributed by atoms with Gasteiger partial charge in [-0.15, -0.1) is 0 Å². The summed E-state index contributed by atoms with van der Waals surface area (Å²) in [7, 11) is -2.71. The lowest BCUT2D eigenvalue weighted by molar-refractivity contribution is -0.140. The number of aryl methyl sites for hydroxylation is 1. The van der Waals surface area contributed by atoms with Crippen LogP contribution >= 0.6 is 23.2 Å². The third-order valence-electron chi connectivity index (χ3n) is 6.31. The van der Waals surface area contributed by atoms with E-state index < -0.39 is 28.5 Å². The first-order valence-electron chi connectivity index (χ1n) is 12.8. The number of carbonyl (C=O) groups is 2. The van der Waals surface area contributed by atoms with Gasteiger partial charge in [-0.2, -0.15) is 0 Å². The molecule has 0 spiro atoms. The Labute approximate surface area is 245 Å². The van der Waals surface area contributed by atoms with Crippen molar-refractivity contribution in [1.29, 1.82) is 0 Å². The van der Waals surface area contributed by atoms with Crippen LogP contribution in [-0.2, 0) is 26.2 Å². The fourth-order valence-corrected chi connectivity index (χ4v) is 6.03. The van der Waals surface area contributed by atoms with E-state index in [4.69, 9.17) is 27.9 Å². The molecule has 0 aliphatic carbocycles. The number of nitrogens with one attached hydrogen (secondary N) is 1. The molecule has 3 rings (SSSR count). The molecule has 0 radical (unpaired) electrons. The molecule has 3 aromatic carbocycles. The van der Waals surface area contributed by atoms with Crippen molar-refractivity contribution < 1.29 is 22.7 Å². The minimum Gasteiger partial charge on any atom is -0.497 e. The second-order valence-electron chi connectivity index (χ2n) is 9.11. The number of halogens is 2. The zero-order chi connectivity index (χ0) is 29.4. The maximum atomic E-state index is 14.0. The van der Waals surface area contributed by atoms with E-state index in [0.29, 0.717) is 18.7 Å². The zero-order valence-electron chi connectivity index (χ0n) is 22.9. The van der Waals surface area contributed by atoms with Gasteiger partial charge in [-0.25, -0.2) is 8.42 Å². The number of anilines is 1. The lowest BCUT2D eigenvalue weighted by Crippen LogP contribution is -2.52. The number of sulfonamides is 1. The number of hydrogen-bond acceptors (Lipinski definition) is 5. The second kappa shape index (κ2) is 13.9. The summed E-state index contributed by atoms with van der Waals surface area (Å²) in [6.07, 6.45) is 0.316. The van der Waals surface area contributed by atoms with Crippen LogP contribution < -0.4 is 14.4 Å². The van der Waals surface area contributed by atoms with Gasteiger partial charge in [-0.1, -0.05) is 60.0 Å². The normalized spacial score (nSPS) is 11.9. The molecule has 1 atom stereocenters. The number of nitrogens with zero attached hydrogens (tertiary/aromatic N) is 2. The van der Waals surface area contributed by atoms with Crippen molar-refractivity contribution >= 4 is 50.7 Å². The van der Waals surface area contributed by atoms with E-state index in [2.05, 4.69) is 5.32 Å². The maximum Gasteiger partial charge on any atom is 0.264 e. The van der Waals surface area contributed by atoms with Crippen LogP contribution in [0.15, 0.2) is 71.6 Å². The van der Waals surface area contributed by atoms with Crippen LogP contribution in [0, 0.1) is 6.92 Å². The molecule has 0 fully saturated rings. The predicted molar refractivity (Wildman–Crippen MR) is 158 cm³/mol. The number of amides is 2.